The molecule has 13 heavy (non-hydrogen) atoms. The Morgan fingerprint density at radius 3 is 2.77 bits per heavy atom. The van der Waals surface area contributed by atoms with Crippen LogP contribution in [0.15, 0.2) is 12.4 Å². The molecule has 0 saturated carbocycles. The number of hydrogen-bond donors (Lipinski definition) is 0. The standard InChI is InChI=1S/C9H14ClN3/c1-7-5-13(6-8(7)10)9-11-3-4-12(9)2/h3-4,7-8H,5-6H2,1-2H3. The first kappa shape index (κ1) is 8.88. The first-order chi connectivity index (χ1) is 6.18. The Morgan fingerprint density at radius 2 is 2.31 bits per heavy atom. The molecule has 3 nitrogen and oxygen atoms in total. The van der Waals surface area contributed by atoms with E-state index in [2.05, 4.69) is 16.8 Å². The van der Waals surface area contributed by atoms with Gasteiger partial charge >= 0.3 is 0 Å². The molecule has 2 unspecified atom stereocenters. The summed E-state index contributed by atoms with van der Waals surface area (Å²) in [5.41, 5.74) is 0. The van der Waals surface area contributed by atoms with E-state index in [-0.39, 0.29) is 5.38 Å². The Bertz CT molecular complexity index is 287. The first-order valence-corrected chi connectivity index (χ1v) is 4.98. The Balaban J connectivity index is 2.16. The Kier molecular flexibility index (Phi) is 2.20. The van der Waals surface area contributed by atoms with Gasteiger partial charge in [0, 0.05) is 32.5 Å². The average molecular weight is 200 g/mol. The third kappa shape index (κ3) is 1.53. The summed E-state index contributed by atoms with van der Waals surface area (Å²) < 4.78 is 2.03. The largest absolute Gasteiger partial charge is 0.340 e. The number of nitrogens with zero attached hydrogens (tertiary/aromatic N) is 3. The molecule has 2 rings (SSSR count). The van der Waals surface area contributed by atoms with Crippen LogP contribution in [0.4, 0.5) is 5.95 Å². The summed E-state index contributed by atoms with van der Waals surface area (Å²) >= 11 is 6.15. The second kappa shape index (κ2) is 3.22. The molecule has 0 N–H and O–H groups in total. The fourth-order valence-electron chi connectivity index (χ4n) is 1.75. The van der Waals surface area contributed by atoms with Crippen LogP contribution in [0, 0.1) is 5.92 Å². The molecule has 2 heterocycles. The van der Waals surface area contributed by atoms with E-state index in [1.807, 2.05) is 24.0 Å². The van der Waals surface area contributed by atoms with Gasteiger partial charge in [-0.1, -0.05) is 6.92 Å². The van der Waals surface area contributed by atoms with E-state index in [0.717, 1.165) is 19.0 Å². The monoisotopic (exact) mass is 199 g/mol. The zero-order valence-electron chi connectivity index (χ0n) is 7.94. The topological polar surface area (TPSA) is 21.1 Å². The molecule has 0 spiro atoms. The lowest BCUT2D eigenvalue weighted by Crippen LogP contribution is -2.23. The Hall–Kier alpha value is -0.700. The fourth-order valence-corrected chi connectivity index (χ4v) is 2.00. The molecule has 0 amide bonds. The second-order valence-electron chi connectivity index (χ2n) is 3.74. The highest BCUT2D eigenvalue weighted by atomic mass is 35.5. The van der Waals surface area contributed by atoms with Crippen molar-refractivity contribution >= 4 is 17.5 Å². The predicted molar refractivity (Wildman–Crippen MR) is 54.2 cm³/mol. The van der Waals surface area contributed by atoms with Crippen LogP contribution in [-0.2, 0) is 7.05 Å². The van der Waals surface area contributed by atoms with Gasteiger partial charge in [-0.15, -0.1) is 11.6 Å². The minimum absolute atomic E-state index is 0.261. The van der Waals surface area contributed by atoms with E-state index in [1.54, 1.807) is 0 Å². The van der Waals surface area contributed by atoms with E-state index in [4.69, 9.17) is 11.6 Å². The van der Waals surface area contributed by atoms with Gasteiger partial charge in [-0.05, 0) is 5.92 Å². The third-order valence-corrected chi connectivity index (χ3v) is 3.17. The summed E-state index contributed by atoms with van der Waals surface area (Å²) in [6, 6.07) is 0. The summed E-state index contributed by atoms with van der Waals surface area (Å²) in [6.45, 7) is 4.10. The normalized spacial score (nSPS) is 28.4. The van der Waals surface area contributed by atoms with Crippen molar-refractivity contribution in [2.75, 3.05) is 18.0 Å². The van der Waals surface area contributed by atoms with Crippen LogP contribution in [0.3, 0.4) is 0 Å². The Morgan fingerprint density at radius 1 is 1.54 bits per heavy atom. The summed E-state index contributed by atoms with van der Waals surface area (Å²) in [5, 5.41) is 0.261. The van der Waals surface area contributed by atoms with Crippen LogP contribution >= 0.6 is 11.6 Å². The van der Waals surface area contributed by atoms with Crippen LogP contribution in [-0.4, -0.2) is 28.0 Å². The third-order valence-electron chi connectivity index (χ3n) is 2.60. The summed E-state index contributed by atoms with van der Waals surface area (Å²) in [6.07, 6.45) is 3.78. The lowest BCUT2D eigenvalue weighted by Gasteiger charge is -2.16. The quantitative estimate of drug-likeness (QED) is 0.639. The lowest BCUT2D eigenvalue weighted by molar-refractivity contribution is 0.663. The molecule has 1 aliphatic rings. The van der Waals surface area contributed by atoms with E-state index >= 15 is 0 Å². The molecule has 0 aromatic carbocycles. The van der Waals surface area contributed by atoms with Crippen molar-refractivity contribution in [3.05, 3.63) is 12.4 Å². The molecule has 1 aromatic rings. The fraction of sp³-hybridized carbons (Fsp3) is 0.667. The molecule has 2 atom stereocenters. The van der Waals surface area contributed by atoms with Crippen molar-refractivity contribution in [2.45, 2.75) is 12.3 Å². The molecule has 1 aliphatic heterocycles. The molecular formula is C9H14ClN3. The van der Waals surface area contributed by atoms with Crippen LogP contribution in [0.25, 0.3) is 0 Å². The number of rotatable bonds is 1. The van der Waals surface area contributed by atoms with Gasteiger partial charge in [-0.25, -0.2) is 4.98 Å². The molecule has 0 aliphatic carbocycles. The number of anilines is 1. The van der Waals surface area contributed by atoms with E-state index < -0.39 is 0 Å². The van der Waals surface area contributed by atoms with Gasteiger partial charge in [0.2, 0.25) is 5.95 Å². The first-order valence-electron chi connectivity index (χ1n) is 4.55. The molecule has 0 radical (unpaired) electrons. The average Bonchev–Trinajstić information content (AvgIpc) is 2.60. The molecule has 72 valence electrons. The molecule has 1 aromatic heterocycles. The molecule has 1 saturated heterocycles. The van der Waals surface area contributed by atoms with Crippen LogP contribution in [0.2, 0.25) is 0 Å². The van der Waals surface area contributed by atoms with Crippen LogP contribution in [0.5, 0.6) is 0 Å². The van der Waals surface area contributed by atoms with E-state index in [1.165, 1.54) is 0 Å². The minimum atomic E-state index is 0.261. The van der Waals surface area contributed by atoms with Crippen molar-refractivity contribution in [1.29, 1.82) is 0 Å². The number of halogens is 1. The van der Waals surface area contributed by atoms with Gasteiger partial charge in [0.15, 0.2) is 0 Å². The summed E-state index contributed by atoms with van der Waals surface area (Å²) in [5.74, 6) is 1.58. The van der Waals surface area contributed by atoms with Crippen molar-refractivity contribution in [1.82, 2.24) is 9.55 Å². The van der Waals surface area contributed by atoms with Gasteiger partial charge in [-0.2, -0.15) is 0 Å². The molecular weight excluding hydrogens is 186 g/mol. The van der Waals surface area contributed by atoms with Crippen molar-refractivity contribution in [2.24, 2.45) is 13.0 Å². The lowest BCUT2D eigenvalue weighted by atomic mass is 10.2. The van der Waals surface area contributed by atoms with E-state index in [0.29, 0.717) is 5.92 Å². The number of hydrogen-bond acceptors (Lipinski definition) is 2. The molecule has 4 heteroatoms. The van der Waals surface area contributed by atoms with Gasteiger partial charge in [0.05, 0.1) is 5.38 Å². The Labute approximate surface area is 83.3 Å². The molecule has 1 fully saturated rings. The zero-order chi connectivity index (χ0) is 9.42. The van der Waals surface area contributed by atoms with Crippen LogP contribution in [0.1, 0.15) is 6.92 Å². The maximum atomic E-state index is 6.15. The van der Waals surface area contributed by atoms with Gasteiger partial charge in [-0.3, -0.25) is 0 Å². The summed E-state index contributed by atoms with van der Waals surface area (Å²) in [4.78, 5) is 6.54. The van der Waals surface area contributed by atoms with Crippen molar-refractivity contribution in [3.8, 4) is 0 Å². The highest BCUT2D eigenvalue weighted by Gasteiger charge is 2.29. The van der Waals surface area contributed by atoms with Gasteiger partial charge < -0.3 is 9.47 Å². The SMILES string of the molecule is CC1CN(c2nccn2C)CC1Cl. The maximum absolute atomic E-state index is 6.15. The van der Waals surface area contributed by atoms with Gasteiger partial charge in [0.25, 0.3) is 0 Å². The smallest absolute Gasteiger partial charge is 0.205 e. The summed E-state index contributed by atoms with van der Waals surface area (Å²) in [7, 11) is 2.01. The zero-order valence-corrected chi connectivity index (χ0v) is 8.70. The highest BCUT2D eigenvalue weighted by molar-refractivity contribution is 6.21. The molecule has 0 bridgehead atoms. The second-order valence-corrected chi connectivity index (χ2v) is 4.30. The van der Waals surface area contributed by atoms with E-state index in [9.17, 15) is 0 Å². The van der Waals surface area contributed by atoms with Crippen molar-refractivity contribution < 1.29 is 0 Å². The van der Waals surface area contributed by atoms with Gasteiger partial charge in [0.1, 0.15) is 0 Å². The number of alkyl halides is 1. The van der Waals surface area contributed by atoms with Crippen molar-refractivity contribution in [3.63, 3.8) is 0 Å². The number of imidazole rings is 1. The highest BCUT2D eigenvalue weighted by Crippen LogP contribution is 2.25. The number of aromatic nitrogens is 2. The number of aryl methyl sites for hydroxylation is 1. The maximum Gasteiger partial charge on any atom is 0.205 e. The predicted octanol–water partition coefficient (Wildman–Crippen LogP) is 1.48. The van der Waals surface area contributed by atoms with Crippen LogP contribution < -0.4 is 4.90 Å². The minimum Gasteiger partial charge on any atom is -0.340 e.